The molecule has 1 N–H and O–H groups in total. The molecule has 0 saturated carbocycles. The smallest absolute Gasteiger partial charge is 0.282 e. The molecule has 0 unspecified atom stereocenters. The Bertz CT molecular complexity index is 1380. The van der Waals surface area contributed by atoms with E-state index in [9.17, 15) is 23.2 Å². The third-order valence-electron chi connectivity index (χ3n) is 5.87. The van der Waals surface area contributed by atoms with Crippen LogP contribution in [0.4, 0.5) is 25.8 Å². The molecule has 0 saturated heterocycles. The summed E-state index contributed by atoms with van der Waals surface area (Å²) in [6.45, 7) is 1.88. The molecule has 0 atom stereocenters. The van der Waals surface area contributed by atoms with E-state index in [1.807, 2.05) is 24.3 Å². The van der Waals surface area contributed by atoms with E-state index >= 15 is 0 Å². The minimum atomic E-state index is -1.15. The van der Waals surface area contributed by atoms with Crippen molar-refractivity contribution in [2.45, 2.75) is 13.3 Å². The molecule has 0 radical (unpaired) electrons. The van der Waals surface area contributed by atoms with Crippen LogP contribution in [-0.2, 0) is 20.8 Å². The highest BCUT2D eigenvalue weighted by molar-refractivity contribution is 6.46. The summed E-state index contributed by atoms with van der Waals surface area (Å²) in [5.41, 5.74) is 3.15. The highest BCUT2D eigenvalue weighted by Crippen LogP contribution is 2.40. The van der Waals surface area contributed by atoms with Gasteiger partial charge in [0, 0.05) is 30.9 Å². The van der Waals surface area contributed by atoms with Crippen LogP contribution in [0, 0.1) is 11.6 Å². The summed E-state index contributed by atoms with van der Waals surface area (Å²) in [7, 11) is 0. The number of halogens is 2. The largest absolute Gasteiger partial charge is 0.336 e. The number of anilines is 3. The van der Waals surface area contributed by atoms with E-state index < -0.39 is 23.4 Å². The molecule has 5 rings (SSSR count). The maximum absolute atomic E-state index is 14.0. The molecule has 2 aliphatic rings. The van der Waals surface area contributed by atoms with E-state index in [0.717, 1.165) is 28.3 Å². The number of carbonyl (C=O) groups excluding carboxylic acids is 3. The molecule has 3 amide bonds. The summed E-state index contributed by atoms with van der Waals surface area (Å²) in [5, 5.41) is 2.66. The quantitative estimate of drug-likeness (QED) is 0.592. The van der Waals surface area contributed by atoms with Gasteiger partial charge in [0.15, 0.2) is 11.6 Å². The number of benzene rings is 3. The van der Waals surface area contributed by atoms with Gasteiger partial charge in [-0.25, -0.2) is 13.7 Å². The van der Waals surface area contributed by atoms with Crippen molar-refractivity contribution in [3.63, 3.8) is 0 Å². The molecule has 0 aliphatic carbocycles. The van der Waals surface area contributed by atoms with Crippen molar-refractivity contribution < 1.29 is 23.2 Å². The predicted molar refractivity (Wildman–Crippen MR) is 124 cm³/mol. The van der Waals surface area contributed by atoms with E-state index in [1.54, 1.807) is 29.2 Å². The van der Waals surface area contributed by atoms with E-state index in [2.05, 4.69) is 5.32 Å². The summed E-state index contributed by atoms with van der Waals surface area (Å²) in [6.07, 6.45) is 0.696. The van der Waals surface area contributed by atoms with Gasteiger partial charge in [0.05, 0.1) is 11.3 Å². The Morgan fingerprint density at radius 2 is 1.65 bits per heavy atom. The standard InChI is InChI=1S/C26H19F2N3O3/c1-15(32)29-18-8-6-17(7-9-18)23-24(30-13-12-16-4-2-3-5-22(16)30)26(34)31(25(23)33)19-10-11-20(27)21(28)14-19/h2-11,14H,12-13H2,1H3,(H,29,32). The average Bonchev–Trinajstić information content (AvgIpc) is 3.34. The van der Waals surface area contributed by atoms with Gasteiger partial charge in [-0.05, 0) is 47.9 Å². The molecule has 0 aromatic heterocycles. The number of nitrogens with zero attached hydrogens (tertiary/aromatic N) is 2. The SMILES string of the molecule is CC(=O)Nc1ccc(C2=C(N3CCc4ccccc43)C(=O)N(c3ccc(F)c(F)c3)C2=O)cc1. The summed E-state index contributed by atoms with van der Waals surface area (Å²) in [5.74, 6) is -3.72. The molecular weight excluding hydrogens is 440 g/mol. The van der Waals surface area contributed by atoms with E-state index in [0.29, 0.717) is 24.2 Å². The lowest BCUT2D eigenvalue weighted by Gasteiger charge is -2.22. The number of hydrogen-bond acceptors (Lipinski definition) is 4. The van der Waals surface area contributed by atoms with Crippen LogP contribution >= 0.6 is 0 Å². The maximum Gasteiger partial charge on any atom is 0.282 e. The van der Waals surface area contributed by atoms with Crippen molar-refractivity contribution >= 4 is 40.4 Å². The Kier molecular flexibility index (Phi) is 5.20. The van der Waals surface area contributed by atoms with Crippen LogP contribution < -0.4 is 15.1 Å². The Labute approximate surface area is 194 Å². The van der Waals surface area contributed by atoms with Crippen LogP contribution in [0.2, 0.25) is 0 Å². The number of carbonyl (C=O) groups is 3. The van der Waals surface area contributed by atoms with Gasteiger partial charge in [-0.3, -0.25) is 14.4 Å². The second-order valence-electron chi connectivity index (χ2n) is 8.06. The van der Waals surface area contributed by atoms with Crippen molar-refractivity contribution in [1.82, 2.24) is 0 Å². The van der Waals surface area contributed by atoms with Gasteiger partial charge < -0.3 is 10.2 Å². The topological polar surface area (TPSA) is 69.7 Å². The first kappa shape index (κ1) is 21.5. The minimum absolute atomic E-state index is 0.0521. The third-order valence-corrected chi connectivity index (χ3v) is 5.87. The van der Waals surface area contributed by atoms with E-state index in [1.165, 1.54) is 13.0 Å². The third kappa shape index (κ3) is 3.53. The van der Waals surface area contributed by atoms with Crippen molar-refractivity contribution in [3.05, 3.63) is 95.2 Å². The number of imide groups is 1. The fourth-order valence-electron chi connectivity index (χ4n) is 4.38. The monoisotopic (exact) mass is 459 g/mol. The summed E-state index contributed by atoms with van der Waals surface area (Å²) in [4.78, 5) is 41.3. The van der Waals surface area contributed by atoms with Gasteiger partial charge in [-0.1, -0.05) is 30.3 Å². The molecule has 2 heterocycles. The molecular formula is C26H19F2N3O3. The van der Waals surface area contributed by atoms with Crippen molar-refractivity contribution in [2.75, 3.05) is 21.7 Å². The number of nitrogens with one attached hydrogen (secondary N) is 1. The Hall–Kier alpha value is -4.33. The highest BCUT2D eigenvalue weighted by Gasteiger charge is 2.44. The highest BCUT2D eigenvalue weighted by atomic mass is 19.2. The minimum Gasteiger partial charge on any atom is -0.336 e. The molecule has 2 aliphatic heterocycles. The number of hydrogen-bond donors (Lipinski definition) is 1. The van der Waals surface area contributed by atoms with Gasteiger partial charge in [0.2, 0.25) is 5.91 Å². The summed E-state index contributed by atoms with van der Waals surface area (Å²) >= 11 is 0. The van der Waals surface area contributed by atoms with Crippen molar-refractivity contribution in [3.8, 4) is 0 Å². The lowest BCUT2D eigenvalue weighted by atomic mass is 10.0. The Morgan fingerprint density at radius 3 is 2.35 bits per heavy atom. The first-order valence-corrected chi connectivity index (χ1v) is 10.7. The van der Waals surface area contributed by atoms with Crippen LogP contribution in [-0.4, -0.2) is 24.3 Å². The normalized spacial score (nSPS) is 15.3. The van der Waals surface area contributed by atoms with Crippen LogP contribution in [0.1, 0.15) is 18.1 Å². The first-order chi connectivity index (χ1) is 16.3. The van der Waals surface area contributed by atoms with Crippen molar-refractivity contribution in [2.24, 2.45) is 0 Å². The number of fused-ring (bicyclic) bond motifs is 1. The fourth-order valence-corrected chi connectivity index (χ4v) is 4.38. The van der Waals surface area contributed by atoms with Gasteiger partial charge in [-0.15, -0.1) is 0 Å². The zero-order valence-electron chi connectivity index (χ0n) is 18.1. The molecule has 6 nitrogen and oxygen atoms in total. The lowest BCUT2D eigenvalue weighted by Crippen LogP contribution is -2.35. The molecule has 8 heteroatoms. The van der Waals surface area contributed by atoms with E-state index in [4.69, 9.17) is 0 Å². The molecule has 3 aromatic rings. The predicted octanol–water partition coefficient (Wildman–Crippen LogP) is 4.27. The summed E-state index contributed by atoms with van der Waals surface area (Å²) < 4.78 is 27.5. The Morgan fingerprint density at radius 1 is 0.912 bits per heavy atom. The van der Waals surface area contributed by atoms with Crippen LogP contribution in [0.25, 0.3) is 5.57 Å². The lowest BCUT2D eigenvalue weighted by molar-refractivity contribution is -0.120. The van der Waals surface area contributed by atoms with E-state index in [-0.39, 0.29) is 22.9 Å². The molecule has 34 heavy (non-hydrogen) atoms. The average molecular weight is 459 g/mol. The zero-order chi connectivity index (χ0) is 24.0. The van der Waals surface area contributed by atoms with Gasteiger partial charge in [-0.2, -0.15) is 0 Å². The van der Waals surface area contributed by atoms with Gasteiger partial charge in [0.1, 0.15) is 5.70 Å². The van der Waals surface area contributed by atoms with Gasteiger partial charge in [0.25, 0.3) is 11.8 Å². The first-order valence-electron chi connectivity index (χ1n) is 10.7. The zero-order valence-corrected chi connectivity index (χ0v) is 18.1. The number of para-hydroxylation sites is 1. The number of rotatable bonds is 4. The van der Waals surface area contributed by atoms with Crippen molar-refractivity contribution in [1.29, 1.82) is 0 Å². The molecule has 0 fully saturated rings. The van der Waals surface area contributed by atoms with Gasteiger partial charge >= 0.3 is 0 Å². The summed E-state index contributed by atoms with van der Waals surface area (Å²) in [6, 6.07) is 17.1. The van der Waals surface area contributed by atoms with Crippen LogP contribution in [0.5, 0.6) is 0 Å². The fraction of sp³-hybridized carbons (Fsp3) is 0.115. The van der Waals surface area contributed by atoms with Crippen LogP contribution in [0.15, 0.2) is 72.4 Å². The molecule has 3 aromatic carbocycles. The molecule has 0 bridgehead atoms. The number of amides is 3. The maximum atomic E-state index is 14.0. The second-order valence-corrected chi connectivity index (χ2v) is 8.06. The molecule has 170 valence electrons. The molecule has 0 spiro atoms. The van der Waals surface area contributed by atoms with Crippen LogP contribution in [0.3, 0.4) is 0 Å². The second kappa shape index (κ2) is 8.22. The Balaban J connectivity index is 1.64.